The third-order valence-electron chi connectivity index (χ3n) is 4.37. The molecule has 7 heteroatoms. The number of carbonyl (C=O) groups is 1. The molecule has 25 heavy (non-hydrogen) atoms. The van der Waals surface area contributed by atoms with Crippen LogP contribution in [0.3, 0.4) is 0 Å². The van der Waals surface area contributed by atoms with Gasteiger partial charge in [-0.15, -0.1) is 0 Å². The van der Waals surface area contributed by atoms with Crippen LogP contribution in [0.25, 0.3) is 0 Å². The number of ether oxygens (including phenoxy) is 1. The van der Waals surface area contributed by atoms with Crippen molar-refractivity contribution in [1.29, 1.82) is 0 Å². The van der Waals surface area contributed by atoms with E-state index in [0.717, 1.165) is 24.8 Å². The van der Waals surface area contributed by atoms with Gasteiger partial charge in [0.05, 0.1) is 12.2 Å². The zero-order valence-electron chi connectivity index (χ0n) is 13.9. The molecule has 2 N–H and O–H groups in total. The first kappa shape index (κ1) is 17.6. The van der Waals surface area contributed by atoms with Crippen molar-refractivity contribution in [3.63, 3.8) is 0 Å². The number of nitrogens with zero attached hydrogens (tertiary/aromatic N) is 2. The third-order valence-corrected chi connectivity index (χ3v) is 4.63. The van der Waals surface area contributed by atoms with Gasteiger partial charge in [0.1, 0.15) is 12.1 Å². The zero-order chi connectivity index (χ0) is 17.8. The fraction of sp³-hybridized carbons (Fsp3) is 0.389. The van der Waals surface area contributed by atoms with Gasteiger partial charge < -0.3 is 15.2 Å². The van der Waals surface area contributed by atoms with Gasteiger partial charge in [0.15, 0.2) is 5.69 Å². The molecule has 0 amide bonds. The fourth-order valence-electron chi connectivity index (χ4n) is 3.03. The van der Waals surface area contributed by atoms with E-state index in [1.807, 2.05) is 24.3 Å². The molecule has 2 atom stereocenters. The van der Waals surface area contributed by atoms with Crippen LogP contribution in [0, 0.1) is 6.92 Å². The lowest BCUT2D eigenvalue weighted by Crippen LogP contribution is -2.29. The molecule has 0 unspecified atom stereocenters. The summed E-state index contributed by atoms with van der Waals surface area (Å²) in [5, 5.41) is 13.0. The van der Waals surface area contributed by atoms with Gasteiger partial charge in [0.25, 0.3) is 0 Å². The minimum Gasteiger partial charge on any atom is -0.476 e. The molecule has 2 heterocycles. The Labute approximate surface area is 151 Å². The SMILES string of the molecule is Cc1c(NC[C@H]2CCC[C@@H](c3ccc(Cl)cc3)O2)ncnc1C(=O)O. The highest BCUT2D eigenvalue weighted by atomic mass is 35.5. The Bertz CT molecular complexity index is 752. The maximum absolute atomic E-state index is 11.2. The molecule has 1 aromatic heterocycles. The van der Waals surface area contributed by atoms with E-state index >= 15 is 0 Å². The number of rotatable bonds is 5. The summed E-state index contributed by atoms with van der Waals surface area (Å²) in [6.07, 6.45) is 4.36. The Morgan fingerprint density at radius 2 is 2.08 bits per heavy atom. The van der Waals surface area contributed by atoms with Crippen LogP contribution in [0.2, 0.25) is 5.02 Å². The van der Waals surface area contributed by atoms with Gasteiger partial charge in [-0.05, 0) is 43.9 Å². The van der Waals surface area contributed by atoms with Crippen LogP contribution in [-0.4, -0.2) is 33.7 Å². The van der Waals surface area contributed by atoms with Crippen LogP contribution in [-0.2, 0) is 4.74 Å². The molecule has 0 radical (unpaired) electrons. The molecule has 0 saturated carbocycles. The number of hydrogen-bond acceptors (Lipinski definition) is 5. The second-order valence-corrected chi connectivity index (χ2v) is 6.55. The van der Waals surface area contributed by atoms with Crippen LogP contribution in [0.1, 0.15) is 47.0 Å². The number of anilines is 1. The lowest BCUT2D eigenvalue weighted by molar-refractivity contribution is -0.0442. The Kier molecular flexibility index (Phi) is 5.50. The van der Waals surface area contributed by atoms with Crippen molar-refractivity contribution in [3.8, 4) is 0 Å². The molecule has 2 aromatic rings. The first-order chi connectivity index (χ1) is 12.0. The first-order valence-electron chi connectivity index (χ1n) is 8.24. The van der Waals surface area contributed by atoms with Crippen molar-refractivity contribution in [1.82, 2.24) is 9.97 Å². The van der Waals surface area contributed by atoms with Crippen LogP contribution in [0.5, 0.6) is 0 Å². The van der Waals surface area contributed by atoms with Crippen molar-refractivity contribution >= 4 is 23.4 Å². The molecule has 6 nitrogen and oxygen atoms in total. The largest absolute Gasteiger partial charge is 0.476 e. The van der Waals surface area contributed by atoms with E-state index in [1.165, 1.54) is 6.33 Å². The maximum Gasteiger partial charge on any atom is 0.354 e. The molecule has 1 saturated heterocycles. The quantitative estimate of drug-likeness (QED) is 0.841. The molecule has 1 aliphatic rings. The van der Waals surface area contributed by atoms with Crippen LogP contribution in [0.15, 0.2) is 30.6 Å². The zero-order valence-corrected chi connectivity index (χ0v) is 14.7. The number of halogens is 1. The van der Waals surface area contributed by atoms with Gasteiger partial charge in [0.2, 0.25) is 0 Å². The topological polar surface area (TPSA) is 84.3 Å². The highest BCUT2D eigenvalue weighted by Crippen LogP contribution is 2.32. The summed E-state index contributed by atoms with van der Waals surface area (Å²) in [5.41, 5.74) is 1.67. The van der Waals surface area contributed by atoms with Crippen LogP contribution >= 0.6 is 11.6 Å². The third kappa shape index (κ3) is 4.27. The van der Waals surface area contributed by atoms with E-state index < -0.39 is 5.97 Å². The van der Waals surface area contributed by atoms with E-state index in [2.05, 4.69) is 15.3 Å². The van der Waals surface area contributed by atoms with Crippen LogP contribution in [0.4, 0.5) is 5.82 Å². The van der Waals surface area contributed by atoms with Gasteiger partial charge in [-0.2, -0.15) is 0 Å². The minimum atomic E-state index is -1.06. The summed E-state index contributed by atoms with van der Waals surface area (Å²) in [6.45, 7) is 2.27. The monoisotopic (exact) mass is 361 g/mol. The van der Waals surface area contributed by atoms with E-state index in [-0.39, 0.29) is 17.9 Å². The molecular weight excluding hydrogens is 342 g/mol. The summed E-state index contributed by atoms with van der Waals surface area (Å²) >= 11 is 5.94. The highest BCUT2D eigenvalue weighted by molar-refractivity contribution is 6.30. The highest BCUT2D eigenvalue weighted by Gasteiger charge is 2.24. The predicted molar refractivity (Wildman–Crippen MR) is 95.1 cm³/mol. The molecule has 132 valence electrons. The molecule has 1 aromatic carbocycles. The number of aromatic carboxylic acids is 1. The summed E-state index contributed by atoms with van der Waals surface area (Å²) < 4.78 is 6.19. The van der Waals surface area contributed by atoms with Gasteiger partial charge in [-0.3, -0.25) is 0 Å². The molecule has 0 aliphatic carbocycles. The summed E-state index contributed by atoms with van der Waals surface area (Å²) in [4.78, 5) is 19.1. The lowest BCUT2D eigenvalue weighted by atomic mass is 9.98. The van der Waals surface area contributed by atoms with Gasteiger partial charge in [-0.25, -0.2) is 14.8 Å². The molecular formula is C18H20ClN3O3. The molecule has 0 spiro atoms. The number of nitrogens with one attached hydrogen (secondary N) is 1. The van der Waals surface area contributed by atoms with E-state index in [9.17, 15) is 4.79 Å². The summed E-state index contributed by atoms with van der Waals surface area (Å²) in [5.74, 6) is -0.524. The number of hydrogen-bond donors (Lipinski definition) is 2. The Balaban J connectivity index is 1.63. The second kappa shape index (κ2) is 7.80. The summed E-state index contributed by atoms with van der Waals surface area (Å²) in [7, 11) is 0. The van der Waals surface area contributed by atoms with E-state index in [0.29, 0.717) is 22.9 Å². The van der Waals surface area contributed by atoms with Crippen molar-refractivity contribution in [3.05, 3.63) is 52.4 Å². The van der Waals surface area contributed by atoms with Crippen molar-refractivity contribution < 1.29 is 14.6 Å². The Morgan fingerprint density at radius 3 is 2.80 bits per heavy atom. The summed E-state index contributed by atoms with van der Waals surface area (Å²) in [6, 6.07) is 7.74. The number of benzene rings is 1. The fourth-order valence-corrected chi connectivity index (χ4v) is 3.15. The molecule has 3 rings (SSSR count). The van der Waals surface area contributed by atoms with Crippen molar-refractivity contribution in [2.75, 3.05) is 11.9 Å². The lowest BCUT2D eigenvalue weighted by Gasteiger charge is -2.30. The smallest absolute Gasteiger partial charge is 0.354 e. The average molecular weight is 362 g/mol. The predicted octanol–water partition coefficient (Wildman–Crippen LogP) is 3.86. The number of aromatic nitrogens is 2. The van der Waals surface area contributed by atoms with E-state index in [4.69, 9.17) is 21.4 Å². The van der Waals surface area contributed by atoms with Crippen LogP contribution < -0.4 is 5.32 Å². The van der Waals surface area contributed by atoms with Gasteiger partial charge in [0, 0.05) is 17.1 Å². The Morgan fingerprint density at radius 1 is 1.32 bits per heavy atom. The molecule has 1 fully saturated rings. The van der Waals surface area contributed by atoms with Crippen molar-refractivity contribution in [2.24, 2.45) is 0 Å². The minimum absolute atomic E-state index is 0.0149. The molecule has 0 bridgehead atoms. The second-order valence-electron chi connectivity index (χ2n) is 6.11. The standard InChI is InChI=1S/C18H20ClN3O3/c1-11-16(18(23)24)21-10-22-17(11)20-9-14-3-2-4-15(25-14)12-5-7-13(19)8-6-12/h5-8,10,14-15H,2-4,9H2,1H3,(H,23,24)(H,20,21,22)/t14-,15+/m1/s1. The first-order valence-corrected chi connectivity index (χ1v) is 8.62. The number of carboxylic acid groups (broad SMARTS) is 1. The maximum atomic E-state index is 11.2. The average Bonchev–Trinajstić information content (AvgIpc) is 2.61. The Hall–Kier alpha value is -2.18. The van der Waals surface area contributed by atoms with Gasteiger partial charge in [-0.1, -0.05) is 23.7 Å². The van der Waals surface area contributed by atoms with Gasteiger partial charge >= 0.3 is 5.97 Å². The number of carboxylic acids is 1. The normalized spacial score (nSPS) is 20.2. The van der Waals surface area contributed by atoms with Crippen molar-refractivity contribution in [2.45, 2.75) is 38.4 Å². The molecule has 1 aliphatic heterocycles. The van der Waals surface area contributed by atoms with E-state index in [1.54, 1.807) is 6.92 Å².